The molecule has 3 rings (SSSR count). The highest BCUT2D eigenvalue weighted by Crippen LogP contribution is 2.21. The number of para-hydroxylation sites is 2. The van der Waals surface area contributed by atoms with Crippen LogP contribution in [-0.2, 0) is 4.79 Å². The van der Waals surface area contributed by atoms with Gasteiger partial charge in [0.2, 0.25) is 6.41 Å². The number of aromatic nitrogens is 1. The standard InChI is InChI=1S/C14H10N2O2/c17-8-15-12-7-3-5-10-13(12)16-11-6-2-1-4-9(11)14(10)18/h1-8H,(H,15,17)(H,16,18). The van der Waals surface area contributed by atoms with Crippen LogP contribution in [0.3, 0.4) is 0 Å². The Labute approximate surface area is 102 Å². The van der Waals surface area contributed by atoms with E-state index in [1.165, 1.54) is 0 Å². The third kappa shape index (κ3) is 1.47. The van der Waals surface area contributed by atoms with Crippen molar-refractivity contribution in [3.63, 3.8) is 0 Å². The van der Waals surface area contributed by atoms with Crippen molar-refractivity contribution in [2.75, 3.05) is 5.32 Å². The van der Waals surface area contributed by atoms with E-state index in [-0.39, 0.29) is 5.43 Å². The average molecular weight is 238 g/mol. The van der Waals surface area contributed by atoms with Gasteiger partial charge in [0.05, 0.1) is 11.2 Å². The molecule has 0 saturated carbocycles. The third-order valence-corrected chi connectivity index (χ3v) is 2.95. The van der Waals surface area contributed by atoms with Gasteiger partial charge >= 0.3 is 0 Å². The first-order valence-corrected chi connectivity index (χ1v) is 5.55. The number of amides is 1. The maximum Gasteiger partial charge on any atom is 0.211 e. The Kier molecular flexibility index (Phi) is 2.34. The van der Waals surface area contributed by atoms with Crippen molar-refractivity contribution in [3.05, 3.63) is 52.7 Å². The molecule has 0 bridgehead atoms. The fraction of sp³-hybridized carbons (Fsp3) is 0. The Hall–Kier alpha value is -2.62. The van der Waals surface area contributed by atoms with E-state index in [1.807, 2.05) is 18.2 Å². The van der Waals surface area contributed by atoms with Gasteiger partial charge in [-0.15, -0.1) is 0 Å². The Balaban J connectivity index is 2.51. The number of H-pyrrole nitrogens is 1. The van der Waals surface area contributed by atoms with Crippen molar-refractivity contribution in [1.82, 2.24) is 4.98 Å². The molecule has 0 unspecified atom stereocenters. The van der Waals surface area contributed by atoms with Crippen LogP contribution < -0.4 is 10.7 Å². The van der Waals surface area contributed by atoms with Crippen molar-refractivity contribution in [3.8, 4) is 0 Å². The smallest absolute Gasteiger partial charge is 0.211 e. The van der Waals surface area contributed by atoms with Gasteiger partial charge in [-0.25, -0.2) is 0 Å². The average Bonchev–Trinajstić information content (AvgIpc) is 2.40. The summed E-state index contributed by atoms with van der Waals surface area (Å²) in [6.07, 6.45) is 0.599. The molecule has 1 amide bonds. The summed E-state index contributed by atoms with van der Waals surface area (Å²) in [7, 11) is 0. The predicted octanol–water partition coefficient (Wildman–Crippen LogP) is 2.25. The number of carbonyl (C=O) groups excluding carboxylic acids is 1. The highest BCUT2D eigenvalue weighted by molar-refractivity contribution is 6.00. The van der Waals surface area contributed by atoms with E-state index >= 15 is 0 Å². The zero-order valence-electron chi connectivity index (χ0n) is 9.44. The van der Waals surface area contributed by atoms with Crippen molar-refractivity contribution in [2.24, 2.45) is 0 Å². The topological polar surface area (TPSA) is 62.0 Å². The summed E-state index contributed by atoms with van der Waals surface area (Å²) in [5.74, 6) is 0. The summed E-state index contributed by atoms with van der Waals surface area (Å²) in [6.45, 7) is 0. The largest absolute Gasteiger partial charge is 0.353 e. The summed E-state index contributed by atoms with van der Waals surface area (Å²) in [4.78, 5) is 26.1. The fourth-order valence-corrected chi connectivity index (χ4v) is 2.13. The number of nitrogens with one attached hydrogen (secondary N) is 2. The summed E-state index contributed by atoms with van der Waals surface area (Å²) < 4.78 is 0. The van der Waals surface area contributed by atoms with Crippen LogP contribution in [-0.4, -0.2) is 11.4 Å². The molecule has 2 aromatic carbocycles. The minimum Gasteiger partial charge on any atom is -0.353 e. The molecule has 2 N–H and O–H groups in total. The monoisotopic (exact) mass is 238 g/mol. The molecule has 4 nitrogen and oxygen atoms in total. The second-order valence-corrected chi connectivity index (χ2v) is 3.99. The van der Waals surface area contributed by atoms with Crippen LogP contribution in [0, 0.1) is 0 Å². The molecular weight excluding hydrogens is 228 g/mol. The van der Waals surface area contributed by atoms with Crippen LogP contribution >= 0.6 is 0 Å². The molecule has 0 aliphatic heterocycles. The molecule has 1 heterocycles. The Morgan fingerprint density at radius 2 is 1.78 bits per heavy atom. The Morgan fingerprint density at radius 1 is 1.00 bits per heavy atom. The van der Waals surface area contributed by atoms with Crippen LogP contribution in [0.25, 0.3) is 21.8 Å². The van der Waals surface area contributed by atoms with E-state index in [0.717, 1.165) is 5.52 Å². The number of pyridine rings is 1. The molecular formula is C14H10N2O2. The van der Waals surface area contributed by atoms with E-state index in [2.05, 4.69) is 10.3 Å². The predicted molar refractivity (Wildman–Crippen MR) is 71.8 cm³/mol. The second kappa shape index (κ2) is 4.00. The molecule has 18 heavy (non-hydrogen) atoms. The van der Waals surface area contributed by atoms with Crippen molar-refractivity contribution >= 4 is 33.9 Å². The third-order valence-electron chi connectivity index (χ3n) is 2.95. The Morgan fingerprint density at radius 3 is 2.61 bits per heavy atom. The van der Waals surface area contributed by atoms with E-state index in [1.54, 1.807) is 24.3 Å². The number of anilines is 1. The van der Waals surface area contributed by atoms with Crippen LogP contribution in [0.2, 0.25) is 0 Å². The van der Waals surface area contributed by atoms with E-state index < -0.39 is 0 Å². The summed E-state index contributed by atoms with van der Waals surface area (Å²) in [5.41, 5.74) is 1.97. The zero-order chi connectivity index (χ0) is 12.5. The summed E-state index contributed by atoms with van der Waals surface area (Å²) in [5, 5.41) is 3.81. The van der Waals surface area contributed by atoms with Crippen LogP contribution in [0.1, 0.15) is 0 Å². The van der Waals surface area contributed by atoms with E-state index in [4.69, 9.17) is 0 Å². The van der Waals surface area contributed by atoms with Crippen LogP contribution in [0.5, 0.6) is 0 Å². The van der Waals surface area contributed by atoms with Gasteiger partial charge in [0.15, 0.2) is 5.43 Å². The molecule has 0 fully saturated rings. The molecule has 0 saturated heterocycles. The van der Waals surface area contributed by atoms with Gasteiger partial charge in [-0.3, -0.25) is 9.59 Å². The molecule has 1 aromatic heterocycles. The molecule has 0 spiro atoms. The van der Waals surface area contributed by atoms with Crippen LogP contribution in [0.4, 0.5) is 5.69 Å². The lowest BCUT2D eigenvalue weighted by Gasteiger charge is -2.06. The number of hydrogen-bond acceptors (Lipinski definition) is 2. The van der Waals surface area contributed by atoms with Gasteiger partial charge in [0, 0.05) is 16.3 Å². The molecule has 0 aliphatic carbocycles. The fourth-order valence-electron chi connectivity index (χ4n) is 2.13. The minimum atomic E-state index is -0.0334. The van der Waals surface area contributed by atoms with Crippen molar-refractivity contribution < 1.29 is 4.79 Å². The molecule has 3 aromatic rings. The maximum atomic E-state index is 12.3. The maximum absolute atomic E-state index is 12.3. The minimum absolute atomic E-state index is 0.0334. The SMILES string of the molecule is O=CNc1cccc2c(=O)c3ccccc3[nH]c12. The lowest BCUT2D eigenvalue weighted by atomic mass is 10.1. The van der Waals surface area contributed by atoms with Gasteiger partial charge in [0.1, 0.15) is 0 Å². The summed E-state index contributed by atoms with van der Waals surface area (Å²) >= 11 is 0. The number of aromatic amines is 1. The first-order valence-electron chi connectivity index (χ1n) is 5.55. The van der Waals surface area contributed by atoms with Gasteiger partial charge in [0.25, 0.3) is 0 Å². The van der Waals surface area contributed by atoms with Crippen molar-refractivity contribution in [1.29, 1.82) is 0 Å². The normalized spacial score (nSPS) is 10.7. The molecule has 88 valence electrons. The highest BCUT2D eigenvalue weighted by atomic mass is 16.1. The zero-order valence-corrected chi connectivity index (χ0v) is 9.44. The van der Waals surface area contributed by atoms with Gasteiger partial charge in [-0.05, 0) is 24.3 Å². The van der Waals surface area contributed by atoms with E-state index in [9.17, 15) is 9.59 Å². The Bertz CT molecular complexity index is 806. The van der Waals surface area contributed by atoms with Crippen molar-refractivity contribution in [2.45, 2.75) is 0 Å². The quantitative estimate of drug-likeness (QED) is 0.531. The highest BCUT2D eigenvalue weighted by Gasteiger charge is 2.07. The van der Waals surface area contributed by atoms with Crippen LogP contribution in [0.15, 0.2) is 47.3 Å². The number of benzene rings is 2. The first kappa shape index (κ1) is 10.5. The first-order chi connectivity index (χ1) is 8.81. The molecule has 4 heteroatoms. The van der Waals surface area contributed by atoms with Gasteiger partial charge in [-0.2, -0.15) is 0 Å². The second-order valence-electron chi connectivity index (χ2n) is 3.99. The van der Waals surface area contributed by atoms with Gasteiger partial charge < -0.3 is 10.3 Å². The molecule has 0 aliphatic rings. The summed E-state index contributed by atoms with van der Waals surface area (Å²) in [6, 6.07) is 12.6. The number of rotatable bonds is 2. The lowest BCUT2D eigenvalue weighted by Crippen LogP contribution is -2.06. The molecule has 0 atom stereocenters. The number of fused-ring (bicyclic) bond motifs is 2. The number of carbonyl (C=O) groups is 1. The number of hydrogen-bond donors (Lipinski definition) is 2. The van der Waals surface area contributed by atoms with E-state index in [0.29, 0.717) is 28.4 Å². The lowest BCUT2D eigenvalue weighted by molar-refractivity contribution is -0.105. The molecule has 0 radical (unpaired) electrons. The van der Waals surface area contributed by atoms with Gasteiger partial charge in [-0.1, -0.05) is 18.2 Å².